The van der Waals surface area contributed by atoms with Gasteiger partial charge < -0.3 is 0 Å². The van der Waals surface area contributed by atoms with E-state index in [9.17, 15) is 19.2 Å². The third-order valence-electron chi connectivity index (χ3n) is 3.96. The molecule has 0 unspecified atom stereocenters. The third kappa shape index (κ3) is 4.26. The fourth-order valence-corrected chi connectivity index (χ4v) is 3.13. The van der Waals surface area contributed by atoms with Crippen molar-refractivity contribution >= 4 is 57.8 Å². The van der Waals surface area contributed by atoms with E-state index in [1.54, 1.807) is 0 Å². The Morgan fingerprint density at radius 1 is 0.652 bits per heavy atom. The van der Waals surface area contributed by atoms with Gasteiger partial charge in [-0.15, -0.1) is 0 Å². The first-order valence-corrected chi connectivity index (χ1v) is 8.48. The van der Waals surface area contributed by atoms with E-state index in [0.717, 1.165) is 32.1 Å². The summed E-state index contributed by atoms with van der Waals surface area (Å²) in [6.45, 7) is 0.824. The van der Waals surface area contributed by atoms with Gasteiger partial charge in [0.25, 0.3) is 11.8 Å². The van der Waals surface area contributed by atoms with Crippen molar-refractivity contribution in [2.75, 3.05) is 13.1 Å². The van der Waals surface area contributed by atoms with Crippen LogP contribution in [0, 0.1) is 0 Å². The number of likely N-dealkylation sites (tertiary alicyclic amines) is 2. The lowest BCUT2D eigenvalue weighted by Gasteiger charge is -2.14. The predicted octanol–water partition coefficient (Wildman–Crippen LogP) is 1.19. The maximum Gasteiger partial charge on any atom is 0.267 e. The highest BCUT2D eigenvalue weighted by atomic mass is 32.1. The van der Waals surface area contributed by atoms with Crippen LogP contribution in [0.4, 0.5) is 0 Å². The first kappa shape index (κ1) is 17.8. The van der Waals surface area contributed by atoms with E-state index < -0.39 is 0 Å². The van der Waals surface area contributed by atoms with Gasteiger partial charge in [-0.05, 0) is 12.8 Å². The molecular formula is C15H18N2O4S2. The number of amides is 4. The van der Waals surface area contributed by atoms with Gasteiger partial charge in [-0.25, -0.2) is 0 Å². The first-order chi connectivity index (χ1) is 10.9. The van der Waals surface area contributed by atoms with Crippen LogP contribution in [-0.2, 0) is 19.2 Å². The zero-order valence-corrected chi connectivity index (χ0v) is 14.3. The summed E-state index contributed by atoms with van der Waals surface area (Å²) in [5.74, 6) is -1.07. The summed E-state index contributed by atoms with van der Waals surface area (Å²) in [5, 5.41) is 0. The van der Waals surface area contributed by atoms with Crippen molar-refractivity contribution in [3.63, 3.8) is 0 Å². The average Bonchev–Trinajstić information content (AvgIpc) is 2.88. The summed E-state index contributed by atoms with van der Waals surface area (Å²) in [6, 6.07) is 0. The molecule has 0 saturated carbocycles. The van der Waals surface area contributed by atoms with Crippen molar-refractivity contribution in [3.8, 4) is 0 Å². The summed E-state index contributed by atoms with van der Waals surface area (Å²) >= 11 is 9.66. The Kier molecular flexibility index (Phi) is 6.06. The molecule has 2 saturated heterocycles. The minimum atomic E-state index is -0.327. The molecule has 6 nitrogen and oxygen atoms in total. The van der Waals surface area contributed by atoms with Crippen molar-refractivity contribution in [1.82, 2.24) is 9.80 Å². The molecule has 2 aliphatic heterocycles. The molecule has 124 valence electrons. The molecule has 0 spiro atoms. The largest absolute Gasteiger partial charge is 0.278 e. The SMILES string of the molecule is O=C1CC(=S)C(=O)N1CCCCCCCN1C(=O)CC(=S)C1=O. The number of hydrogen-bond donors (Lipinski definition) is 0. The Bertz CT molecular complexity index is 538. The fourth-order valence-electron chi connectivity index (χ4n) is 2.67. The number of hydrogen-bond acceptors (Lipinski definition) is 6. The molecule has 2 fully saturated rings. The molecule has 0 radical (unpaired) electrons. The quantitative estimate of drug-likeness (QED) is 0.370. The lowest BCUT2D eigenvalue weighted by atomic mass is 10.1. The molecule has 0 aromatic rings. The topological polar surface area (TPSA) is 74.8 Å². The normalized spacial score (nSPS) is 18.8. The third-order valence-corrected chi connectivity index (χ3v) is 4.59. The maximum atomic E-state index is 11.6. The molecule has 0 N–H and O–H groups in total. The van der Waals surface area contributed by atoms with Crippen LogP contribution in [0.1, 0.15) is 44.9 Å². The van der Waals surface area contributed by atoms with Gasteiger partial charge in [0.05, 0.1) is 22.6 Å². The second kappa shape index (κ2) is 7.83. The van der Waals surface area contributed by atoms with Gasteiger partial charge in [-0.3, -0.25) is 29.0 Å². The molecule has 0 aliphatic carbocycles. The van der Waals surface area contributed by atoms with Gasteiger partial charge in [0.15, 0.2) is 0 Å². The van der Waals surface area contributed by atoms with Crippen molar-refractivity contribution in [3.05, 3.63) is 0 Å². The Balaban J connectivity index is 1.57. The minimum absolute atomic E-state index is 0.0634. The summed E-state index contributed by atoms with van der Waals surface area (Å²) in [6.07, 6.45) is 4.29. The molecule has 8 heteroatoms. The van der Waals surface area contributed by atoms with Crippen LogP contribution in [-0.4, -0.2) is 56.2 Å². The van der Waals surface area contributed by atoms with E-state index in [1.807, 2.05) is 0 Å². The van der Waals surface area contributed by atoms with Crippen molar-refractivity contribution < 1.29 is 19.2 Å². The molecule has 0 aromatic carbocycles. The maximum absolute atomic E-state index is 11.6. The first-order valence-electron chi connectivity index (χ1n) is 7.67. The van der Waals surface area contributed by atoms with Crippen molar-refractivity contribution in [2.45, 2.75) is 44.9 Å². The van der Waals surface area contributed by atoms with E-state index >= 15 is 0 Å². The highest BCUT2D eigenvalue weighted by molar-refractivity contribution is 7.82. The molecule has 0 bridgehead atoms. The number of thiocarbonyl (C=S) groups is 2. The Morgan fingerprint density at radius 3 is 1.30 bits per heavy atom. The Morgan fingerprint density at radius 2 is 1.00 bits per heavy atom. The average molecular weight is 354 g/mol. The smallest absolute Gasteiger partial charge is 0.267 e. The van der Waals surface area contributed by atoms with Gasteiger partial charge in [0.1, 0.15) is 0 Å². The highest BCUT2D eigenvalue weighted by Crippen LogP contribution is 2.14. The molecule has 0 aromatic heterocycles. The minimum Gasteiger partial charge on any atom is -0.278 e. The van der Waals surface area contributed by atoms with Crippen molar-refractivity contribution in [1.29, 1.82) is 0 Å². The molecule has 2 aliphatic rings. The molecule has 2 rings (SSSR count). The molecule has 2 heterocycles. The second-order valence-electron chi connectivity index (χ2n) is 5.67. The van der Waals surface area contributed by atoms with E-state index in [2.05, 4.69) is 0 Å². The second-order valence-corrected chi connectivity index (χ2v) is 6.65. The standard InChI is InChI=1S/C15H18N2O4S2/c18-12-8-10(22)14(20)16(12)6-4-2-1-3-5-7-17-13(19)9-11(23)15(17)21/h1-9H2. The number of carbonyl (C=O) groups is 4. The molecule has 0 atom stereocenters. The lowest BCUT2D eigenvalue weighted by molar-refractivity contribution is -0.138. The van der Waals surface area contributed by atoms with Gasteiger partial charge in [0, 0.05) is 13.1 Å². The van der Waals surface area contributed by atoms with Gasteiger partial charge in [0.2, 0.25) is 11.8 Å². The summed E-state index contributed by atoms with van der Waals surface area (Å²) in [4.78, 5) is 49.1. The van der Waals surface area contributed by atoms with E-state index in [4.69, 9.17) is 24.4 Å². The predicted molar refractivity (Wildman–Crippen MR) is 91.0 cm³/mol. The van der Waals surface area contributed by atoms with Gasteiger partial charge in [-0.1, -0.05) is 43.7 Å². The highest BCUT2D eigenvalue weighted by Gasteiger charge is 2.34. The van der Waals surface area contributed by atoms with Crippen molar-refractivity contribution in [2.24, 2.45) is 0 Å². The zero-order valence-electron chi connectivity index (χ0n) is 12.7. The molecular weight excluding hydrogens is 336 g/mol. The van der Waals surface area contributed by atoms with Crippen LogP contribution in [0.2, 0.25) is 0 Å². The number of imide groups is 2. The Hall–Kier alpha value is -1.54. The molecule has 4 amide bonds. The fraction of sp³-hybridized carbons (Fsp3) is 0.600. The van der Waals surface area contributed by atoms with E-state index in [0.29, 0.717) is 13.1 Å². The number of unbranched alkanes of at least 4 members (excludes halogenated alkanes) is 4. The number of nitrogens with zero attached hydrogens (tertiary/aromatic N) is 2. The van der Waals surface area contributed by atoms with Gasteiger partial charge >= 0.3 is 0 Å². The van der Waals surface area contributed by atoms with Crippen LogP contribution in [0.3, 0.4) is 0 Å². The van der Waals surface area contributed by atoms with Gasteiger partial charge in [-0.2, -0.15) is 0 Å². The van der Waals surface area contributed by atoms with Crippen LogP contribution < -0.4 is 0 Å². The lowest BCUT2D eigenvalue weighted by Crippen LogP contribution is -2.31. The monoisotopic (exact) mass is 354 g/mol. The zero-order chi connectivity index (χ0) is 17.0. The number of rotatable bonds is 8. The van der Waals surface area contributed by atoms with Crippen LogP contribution in [0.5, 0.6) is 0 Å². The summed E-state index contributed by atoms with van der Waals surface area (Å²) < 4.78 is 0. The summed E-state index contributed by atoms with van der Waals surface area (Å²) in [7, 11) is 0. The van der Waals surface area contributed by atoms with Crippen LogP contribution in [0.25, 0.3) is 0 Å². The summed E-state index contributed by atoms with van der Waals surface area (Å²) in [5.41, 5.74) is 0. The van der Waals surface area contributed by atoms with E-state index in [-0.39, 0.29) is 46.2 Å². The number of carbonyl (C=O) groups excluding carboxylic acids is 4. The Labute approximate surface area is 145 Å². The molecule has 23 heavy (non-hydrogen) atoms. The van der Waals surface area contributed by atoms with Crippen LogP contribution >= 0.6 is 24.4 Å². The van der Waals surface area contributed by atoms with Crippen LogP contribution in [0.15, 0.2) is 0 Å². The van der Waals surface area contributed by atoms with E-state index in [1.165, 1.54) is 9.80 Å².